The molecule has 0 saturated heterocycles. The lowest BCUT2D eigenvalue weighted by molar-refractivity contribution is 0.0731. The van der Waals surface area contributed by atoms with Crippen molar-refractivity contribution >= 4 is 25.3 Å². The van der Waals surface area contributed by atoms with Gasteiger partial charge in [0, 0.05) is 34.1 Å². The monoisotopic (exact) mass is 480 g/mol. The van der Waals surface area contributed by atoms with Gasteiger partial charge in [-0.15, -0.1) is 0 Å². The van der Waals surface area contributed by atoms with Gasteiger partial charge < -0.3 is 20.3 Å². The maximum atomic E-state index is 15.0. The second kappa shape index (κ2) is 9.92. The van der Waals surface area contributed by atoms with Crippen LogP contribution in [0.15, 0.2) is 54.6 Å². The zero-order valence-electron chi connectivity index (χ0n) is 19.0. The summed E-state index contributed by atoms with van der Waals surface area (Å²) in [6, 6.07) is 15.9. The summed E-state index contributed by atoms with van der Waals surface area (Å²) >= 11 is 0. The molecular formula is C26H26FN2O4P. The molecule has 3 aromatic rings. The summed E-state index contributed by atoms with van der Waals surface area (Å²) in [4.78, 5) is 36.3. The molecular weight excluding hydrogens is 454 g/mol. The molecule has 176 valence electrons. The van der Waals surface area contributed by atoms with Gasteiger partial charge in [0.05, 0.1) is 14.7 Å². The first kappa shape index (κ1) is 23.9. The predicted molar refractivity (Wildman–Crippen MR) is 131 cm³/mol. The molecule has 1 aliphatic rings. The maximum Gasteiger partial charge on any atom is 0.254 e. The van der Waals surface area contributed by atoms with Gasteiger partial charge >= 0.3 is 0 Å². The SMILES string of the molecule is CCc1c(C(=O)N2CCOc3ccc(-c4ccc(C(N)=O)cc4)cc3C2)ccc(P(C)O)c1F. The van der Waals surface area contributed by atoms with Gasteiger partial charge in [0.2, 0.25) is 5.91 Å². The van der Waals surface area contributed by atoms with Gasteiger partial charge in [-0.3, -0.25) is 9.59 Å². The minimum Gasteiger partial charge on any atom is -0.491 e. The second-order valence-electron chi connectivity index (χ2n) is 8.14. The third-order valence-electron chi connectivity index (χ3n) is 5.99. The summed E-state index contributed by atoms with van der Waals surface area (Å²) < 4.78 is 20.9. The van der Waals surface area contributed by atoms with Crippen LogP contribution in [0.1, 0.15) is 38.8 Å². The van der Waals surface area contributed by atoms with E-state index in [1.807, 2.05) is 30.3 Å². The number of primary amides is 1. The molecule has 0 saturated carbocycles. The summed E-state index contributed by atoms with van der Waals surface area (Å²) in [5, 5.41) is 0.250. The van der Waals surface area contributed by atoms with Gasteiger partial charge in [-0.25, -0.2) is 4.39 Å². The van der Waals surface area contributed by atoms with Crippen LogP contribution >= 0.6 is 8.15 Å². The van der Waals surface area contributed by atoms with E-state index in [1.165, 1.54) is 6.07 Å². The van der Waals surface area contributed by atoms with Crippen LogP contribution in [-0.2, 0) is 13.0 Å². The molecule has 1 heterocycles. The lowest BCUT2D eigenvalue weighted by atomic mass is 10.00. The summed E-state index contributed by atoms with van der Waals surface area (Å²) in [5.74, 6) is -0.561. The first-order valence-electron chi connectivity index (χ1n) is 11.0. The minimum absolute atomic E-state index is 0.250. The van der Waals surface area contributed by atoms with Crippen LogP contribution in [-0.4, -0.2) is 41.4 Å². The zero-order chi connectivity index (χ0) is 24.4. The number of rotatable bonds is 5. The molecule has 0 aromatic heterocycles. The third kappa shape index (κ3) is 4.67. The molecule has 4 rings (SSSR count). The first-order valence-corrected chi connectivity index (χ1v) is 12.7. The van der Waals surface area contributed by atoms with Crippen molar-refractivity contribution in [2.75, 3.05) is 19.8 Å². The van der Waals surface area contributed by atoms with Crippen molar-refractivity contribution in [1.29, 1.82) is 0 Å². The smallest absolute Gasteiger partial charge is 0.254 e. The van der Waals surface area contributed by atoms with Crippen molar-refractivity contribution < 1.29 is 23.6 Å². The molecule has 8 heteroatoms. The highest BCUT2D eigenvalue weighted by Gasteiger charge is 2.26. The molecule has 1 aliphatic heterocycles. The molecule has 3 aromatic carbocycles. The highest BCUT2D eigenvalue weighted by atomic mass is 31.1. The fourth-order valence-electron chi connectivity index (χ4n) is 4.15. The first-order chi connectivity index (χ1) is 16.3. The number of fused-ring (bicyclic) bond motifs is 1. The van der Waals surface area contributed by atoms with E-state index in [1.54, 1.807) is 36.7 Å². The molecule has 2 amide bonds. The highest BCUT2D eigenvalue weighted by molar-refractivity contribution is 7.59. The van der Waals surface area contributed by atoms with E-state index in [2.05, 4.69) is 0 Å². The van der Waals surface area contributed by atoms with Crippen molar-refractivity contribution in [3.8, 4) is 16.9 Å². The Hall–Kier alpha value is -3.28. The molecule has 6 nitrogen and oxygen atoms in total. The Balaban J connectivity index is 1.64. The van der Waals surface area contributed by atoms with Crippen LogP contribution in [0.2, 0.25) is 0 Å². The Morgan fingerprint density at radius 2 is 1.82 bits per heavy atom. The fraction of sp³-hybridized carbons (Fsp3) is 0.231. The molecule has 0 fully saturated rings. The van der Waals surface area contributed by atoms with Gasteiger partial charge in [0.15, 0.2) is 0 Å². The second-order valence-corrected chi connectivity index (χ2v) is 9.67. The number of carbonyl (C=O) groups excluding carboxylic acids is 2. The summed E-state index contributed by atoms with van der Waals surface area (Å²) in [6.07, 6.45) is 0.344. The number of hydrogen-bond acceptors (Lipinski definition) is 4. The standard InChI is InChI=1S/C26H26FN2O4P/c1-3-20-21(9-11-23(24(20)27)34(2)32)26(31)29-12-13-33-22-10-8-18(14-19(22)15-29)16-4-6-17(7-5-16)25(28)30/h4-11,14,32H,3,12-13,15H2,1-2H3,(H2,28,30). The van der Waals surface area contributed by atoms with Crippen LogP contribution in [0.4, 0.5) is 4.39 Å². The molecule has 0 radical (unpaired) electrons. The van der Waals surface area contributed by atoms with Gasteiger partial charge in [-0.2, -0.15) is 0 Å². The minimum atomic E-state index is -1.60. The van der Waals surface area contributed by atoms with E-state index >= 15 is 0 Å². The number of hydrogen-bond donors (Lipinski definition) is 2. The average molecular weight is 480 g/mol. The lowest BCUT2D eigenvalue weighted by Gasteiger charge is -2.22. The van der Waals surface area contributed by atoms with Crippen LogP contribution in [0.5, 0.6) is 5.75 Å². The number of carbonyl (C=O) groups is 2. The third-order valence-corrected chi connectivity index (χ3v) is 7.03. The number of halogens is 1. The summed E-state index contributed by atoms with van der Waals surface area (Å²) in [6.45, 7) is 4.36. The highest BCUT2D eigenvalue weighted by Crippen LogP contribution is 2.31. The number of ether oxygens (including phenoxy) is 1. The van der Waals surface area contributed by atoms with Crippen molar-refractivity contribution in [2.24, 2.45) is 5.73 Å². The summed E-state index contributed by atoms with van der Waals surface area (Å²) in [5.41, 5.74) is 9.04. The molecule has 0 spiro atoms. The van der Waals surface area contributed by atoms with E-state index in [-0.39, 0.29) is 11.2 Å². The largest absolute Gasteiger partial charge is 0.491 e. The lowest BCUT2D eigenvalue weighted by Crippen LogP contribution is -2.33. The van der Waals surface area contributed by atoms with Crippen LogP contribution in [0, 0.1) is 5.82 Å². The van der Waals surface area contributed by atoms with Crippen molar-refractivity contribution in [3.05, 3.63) is 82.7 Å². The maximum absolute atomic E-state index is 15.0. The van der Waals surface area contributed by atoms with E-state index in [4.69, 9.17) is 10.5 Å². The number of nitrogens with two attached hydrogens (primary N) is 1. The van der Waals surface area contributed by atoms with E-state index < -0.39 is 19.9 Å². The Bertz CT molecular complexity index is 1240. The van der Waals surface area contributed by atoms with Crippen molar-refractivity contribution in [2.45, 2.75) is 19.9 Å². The molecule has 0 bridgehead atoms. The fourth-order valence-corrected chi connectivity index (χ4v) is 4.86. The van der Waals surface area contributed by atoms with E-state index in [0.29, 0.717) is 48.6 Å². The Morgan fingerprint density at radius 3 is 2.47 bits per heavy atom. The van der Waals surface area contributed by atoms with Crippen LogP contribution < -0.4 is 15.8 Å². The van der Waals surface area contributed by atoms with Gasteiger partial charge in [-0.1, -0.05) is 25.1 Å². The predicted octanol–water partition coefficient (Wildman–Crippen LogP) is 3.83. The van der Waals surface area contributed by atoms with Crippen molar-refractivity contribution in [3.63, 3.8) is 0 Å². The Morgan fingerprint density at radius 1 is 1.12 bits per heavy atom. The molecule has 3 N–H and O–H groups in total. The number of benzene rings is 3. The average Bonchev–Trinajstić information content (AvgIpc) is 3.05. The molecule has 1 atom stereocenters. The Kier molecular flexibility index (Phi) is 6.96. The van der Waals surface area contributed by atoms with Crippen molar-refractivity contribution in [1.82, 2.24) is 4.90 Å². The summed E-state index contributed by atoms with van der Waals surface area (Å²) in [7, 11) is -1.60. The zero-order valence-corrected chi connectivity index (χ0v) is 19.9. The van der Waals surface area contributed by atoms with Gasteiger partial charge in [0.25, 0.3) is 5.91 Å². The Labute approximate surface area is 199 Å². The van der Waals surface area contributed by atoms with E-state index in [9.17, 15) is 18.9 Å². The molecule has 34 heavy (non-hydrogen) atoms. The van der Waals surface area contributed by atoms with E-state index in [0.717, 1.165) is 16.7 Å². The number of amides is 2. The molecule has 0 aliphatic carbocycles. The van der Waals surface area contributed by atoms with Crippen LogP contribution in [0.3, 0.4) is 0 Å². The quantitative estimate of drug-likeness (QED) is 0.543. The van der Waals surface area contributed by atoms with Gasteiger partial charge in [-0.05, 0) is 60.6 Å². The number of nitrogens with zero attached hydrogens (tertiary/aromatic N) is 1. The van der Waals surface area contributed by atoms with Gasteiger partial charge in [0.1, 0.15) is 18.2 Å². The molecule has 1 unspecified atom stereocenters. The van der Waals surface area contributed by atoms with Crippen LogP contribution in [0.25, 0.3) is 11.1 Å². The normalized spacial score (nSPS) is 14.1. The topological polar surface area (TPSA) is 92.9 Å².